The van der Waals surface area contributed by atoms with Crippen LogP contribution in [0, 0.1) is 0 Å². The van der Waals surface area contributed by atoms with Crippen LogP contribution in [0.3, 0.4) is 0 Å². The molecule has 0 saturated heterocycles. The number of alkyl halides is 3. The third-order valence-electron chi connectivity index (χ3n) is 4.69. The molecule has 29 heavy (non-hydrogen) atoms. The Kier molecular flexibility index (Phi) is 5.03. The second kappa shape index (κ2) is 7.26. The SMILES string of the molecule is O=C(Nc1ccc(C(F)(F)F)cc1)Nc1nc2c(s1)CN(S(=O)(=O)C1CC1)CC2. The molecule has 1 aromatic heterocycles. The maximum atomic E-state index is 12.6. The van der Waals surface area contributed by atoms with Crippen molar-refractivity contribution in [2.24, 2.45) is 0 Å². The van der Waals surface area contributed by atoms with Crippen molar-refractivity contribution >= 4 is 38.2 Å². The number of nitrogens with zero attached hydrogens (tertiary/aromatic N) is 2. The summed E-state index contributed by atoms with van der Waals surface area (Å²) in [5.41, 5.74) is 0.155. The second-order valence-electron chi connectivity index (χ2n) is 6.87. The van der Waals surface area contributed by atoms with Gasteiger partial charge < -0.3 is 5.32 Å². The number of rotatable bonds is 4. The van der Waals surface area contributed by atoms with Crippen LogP contribution < -0.4 is 10.6 Å². The molecule has 1 saturated carbocycles. The number of anilines is 2. The molecule has 2 heterocycles. The number of nitrogens with one attached hydrogen (secondary N) is 2. The highest BCUT2D eigenvalue weighted by Crippen LogP contribution is 2.35. The maximum absolute atomic E-state index is 12.6. The molecule has 2 aliphatic rings. The Morgan fingerprint density at radius 2 is 1.86 bits per heavy atom. The molecule has 0 bridgehead atoms. The molecule has 2 N–H and O–H groups in total. The van der Waals surface area contributed by atoms with E-state index >= 15 is 0 Å². The lowest BCUT2D eigenvalue weighted by molar-refractivity contribution is -0.137. The minimum Gasteiger partial charge on any atom is -0.308 e. The lowest BCUT2D eigenvalue weighted by Gasteiger charge is -2.25. The van der Waals surface area contributed by atoms with Crippen molar-refractivity contribution in [2.75, 3.05) is 17.2 Å². The van der Waals surface area contributed by atoms with Crippen LogP contribution in [-0.4, -0.2) is 35.5 Å². The summed E-state index contributed by atoms with van der Waals surface area (Å²) in [5, 5.41) is 5.03. The summed E-state index contributed by atoms with van der Waals surface area (Å²) in [6.45, 7) is 0.612. The first-order valence-corrected chi connectivity index (χ1v) is 11.2. The van der Waals surface area contributed by atoms with Crippen molar-refractivity contribution in [2.45, 2.75) is 37.2 Å². The summed E-state index contributed by atoms with van der Waals surface area (Å²) < 4.78 is 64.0. The van der Waals surface area contributed by atoms with Gasteiger partial charge in [0.15, 0.2) is 5.13 Å². The molecule has 2 aromatic rings. The van der Waals surface area contributed by atoms with E-state index in [1.807, 2.05) is 0 Å². The smallest absolute Gasteiger partial charge is 0.308 e. The van der Waals surface area contributed by atoms with Gasteiger partial charge in [-0.25, -0.2) is 18.2 Å². The highest BCUT2D eigenvalue weighted by Gasteiger charge is 2.41. The summed E-state index contributed by atoms with van der Waals surface area (Å²) in [4.78, 5) is 17.2. The molecular formula is C17H17F3N4O3S2. The first-order chi connectivity index (χ1) is 13.6. The van der Waals surface area contributed by atoms with Crippen molar-refractivity contribution in [1.29, 1.82) is 0 Å². The quantitative estimate of drug-likeness (QED) is 0.750. The van der Waals surface area contributed by atoms with Crippen molar-refractivity contribution in [3.8, 4) is 0 Å². The summed E-state index contributed by atoms with van der Waals surface area (Å²) >= 11 is 1.19. The zero-order valence-electron chi connectivity index (χ0n) is 15.0. The zero-order chi connectivity index (χ0) is 20.8. The van der Waals surface area contributed by atoms with Gasteiger partial charge >= 0.3 is 12.2 Å². The molecule has 12 heteroatoms. The van der Waals surface area contributed by atoms with Gasteiger partial charge in [-0.05, 0) is 37.1 Å². The van der Waals surface area contributed by atoms with Gasteiger partial charge in [-0.15, -0.1) is 0 Å². The van der Waals surface area contributed by atoms with Crippen molar-refractivity contribution < 1.29 is 26.4 Å². The minimum absolute atomic E-state index is 0.207. The Bertz CT molecular complexity index is 1030. The fourth-order valence-corrected chi connectivity index (χ4v) is 5.93. The predicted molar refractivity (Wildman–Crippen MR) is 102 cm³/mol. The number of fused-ring (bicyclic) bond motifs is 1. The Morgan fingerprint density at radius 1 is 1.17 bits per heavy atom. The average Bonchev–Trinajstić information content (AvgIpc) is 3.42. The van der Waals surface area contributed by atoms with Crippen LogP contribution in [0.25, 0.3) is 0 Å². The molecule has 156 valence electrons. The number of sulfonamides is 1. The molecular weight excluding hydrogens is 429 g/mol. The number of carbonyl (C=O) groups excluding carboxylic acids is 1. The van der Waals surface area contributed by atoms with Crippen molar-refractivity contribution in [1.82, 2.24) is 9.29 Å². The molecule has 4 rings (SSSR count). The van der Waals surface area contributed by atoms with Gasteiger partial charge in [-0.2, -0.15) is 17.5 Å². The number of hydrogen-bond donors (Lipinski definition) is 2. The van der Waals surface area contributed by atoms with Gasteiger partial charge in [-0.1, -0.05) is 11.3 Å². The summed E-state index contributed by atoms with van der Waals surface area (Å²) in [7, 11) is -3.27. The normalized spacial score (nSPS) is 17.6. The van der Waals surface area contributed by atoms with E-state index in [2.05, 4.69) is 15.6 Å². The monoisotopic (exact) mass is 446 g/mol. The van der Waals surface area contributed by atoms with Gasteiger partial charge in [0.25, 0.3) is 0 Å². The van der Waals surface area contributed by atoms with Crippen LogP contribution in [-0.2, 0) is 29.2 Å². The number of carbonyl (C=O) groups is 1. The Morgan fingerprint density at radius 3 is 2.48 bits per heavy atom. The van der Waals surface area contributed by atoms with Gasteiger partial charge in [0, 0.05) is 30.1 Å². The highest BCUT2D eigenvalue weighted by molar-refractivity contribution is 7.90. The molecule has 7 nitrogen and oxygen atoms in total. The van der Waals surface area contributed by atoms with Gasteiger partial charge in [0.1, 0.15) is 0 Å². The third-order valence-corrected chi connectivity index (χ3v) is 8.04. The van der Waals surface area contributed by atoms with E-state index in [0.29, 0.717) is 30.9 Å². The lowest BCUT2D eigenvalue weighted by atomic mass is 10.2. The third kappa shape index (κ3) is 4.38. The zero-order valence-corrected chi connectivity index (χ0v) is 16.6. The molecule has 2 amide bonds. The summed E-state index contributed by atoms with van der Waals surface area (Å²) in [5.74, 6) is 0. The van der Waals surface area contributed by atoms with Crippen molar-refractivity contribution in [3.63, 3.8) is 0 Å². The predicted octanol–water partition coefficient (Wildman–Crippen LogP) is 3.66. The lowest BCUT2D eigenvalue weighted by Crippen LogP contribution is -2.37. The molecule has 0 radical (unpaired) electrons. The number of hydrogen-bond acceptors (Lipinski definition) is 5. The molecule has 1 aliphatic carbocycles. The first-order valence-electron chi connectivity index (χ1n) is 8.86. The van der Waals surface area contributed by atoms with Gasteiger partial charge in [0.05, 0.1) is 16.5 Å². The maximum Gasteiger partial charge on any atom is 0.416 e. The van der Waals surface area contributed by atoms with E-state index in [9.17, 15) is 26.4 Å². The molecule has 0 spiro atoms. The Balaban J connectivity index is 1.38. The van der Waals surface area contributed by atoms with E-state index in [-0.39, 0.29) is 17.5 Å². The fraction of sp³-hybridized carbons (Fsp3) is 0.412. The molecule has 1 aliphatic heterocycles. The van der Waals surface area contributed by atoms with Crippen LogP contribution in [0.1, 0.15) is 29.0 Å². The highest BCUT2D eigenvalue weighted by atomic mass is 32.2. The van der Waals surface area contributed by atoms with Crippen LogP contribution >= 0.6 is 11.3 Å². The number of thiazole rings is 1. The van der Waals surface area contributed by atoms with E-state index in [1.165, 1.54) is 15.6 Å². The van der Waals surface area contributed by atoms with Crippen LogP contribution in [0.2, 0.25) is 0 Å². The van der Waals surface area contributed by atoms with E-state index < -0.39 is 27.8 Å². The van der Waals surface area contributed by atoms with E-state index in [4.69, 9.17) is 0 Å². The number of aromatic nitrogens is 1. The minimum atomic E-state index is -4.44. The fourth-order valence-electron chi connectivity index (χ4n) is 3.02. The number of benzene rings is 1. The standard InChI is InChI=1S/C17H17F3N4O3S2/c18-17(19,20)10-1-3-11(4-2-10)21-15(25)23-16-22-13-7-8-24(9-14(13)28-16)29(26,27)12-5-6-12/h1-4,12H,5-9H2,(H2,21,22,23,25). The summed E-state index contributed by atoms with van der Waals surface area (Å²) in [6, 6.07) is 3.45. The van der Waals surface area contributed by atoms with Crippen LogP contribution in [0.5, 0.6) is 0 Å². The first kappa shape index (κ1) is 20.1. The van der Waals surface area contributed by atoms with E-state index in [0.717, 1.165) is 34.8 Å². The topological polar surface area (TPSA) is 91.4 Å². The van der Waals surface area contributed by atoms with Gasteiger partial charge in [0.2, 0.25) is 10.0 Å². The number of halogens is 3. The number of amides is 2. The summed E-state index contributed by atoms with van der Waals surface area (Å²) in [6.07, 6.45) is -2.57. The molecule has 0 atom stereocenters. The van der Waals surface area contributed by atoms with Crippen LogP contribution in [0.15, 0.2) is 24.3 Å². The molecule has 1 aromatic carbocycles. The van der Waals surface area contributed by atoms with Crippen LogP contribution in [0.4, 0.5) is 28.8 Å². The Labute approximate surface area is 169 Å². The van der Waals surface area contributed by atoms with E-state index in [1.54, 1.807) is 0 Å². The largest absolute Gasteiger partial charge is 0.416 e. The Hall–Kier alpha value is -2.18. The average molecular weight is 446 g/mol. The molecule has 0 unspecified atom stereocenters. The van der Waals surface area contributed by atoms with Crippen molar-refractivity contribution in [3.05, 3.63) is 40.4 Å². The number of urea groups is 1. The second-order valence-corrected chi connectivity index (χ2v) is 10.2. The van der Waals surface area contributed by atoms with Gasteiger partial charge in [-0.3, -0.25) is 5.32 Å². The molecule has 1 fully saturated rings.